The minimum atomic E-state index is -0.213. The lowest BCUT2D eigenvalue weighted by atomic mass is 10.2. The van der Waals surface area contributed by atoms with Gasteiger partial charge in [0, 0.05) is 17.0 Å². The molecule has 16 heavy (non-hydrogen) atoms. The molecule has 4 heteroatoms. The van der Waals surface area contributed by atoms with Crippen molar-refractivity contribution in [1.29, 1.82) is 0 Å². The highest BCUT2D eigenvalue weighted by Gasteiger charge is 2.03. The largest absolute Gasteiger partial charge is 0.399 e. The highest BCUT2D eigenvalue weighted by atomic mass is 16.2. The number of rotatable bonds is 4. The van der Waals surface area contributed by atoms with Gasteiger partial charge in [-0.05, 0) is 37.6 Å². The quantitative estimate of drug-likeness (QED) is 0.463. The van der Waals surface area contributed by atoms with Crippen molar-refractivity contribution < 1.29 is 4.79 Å². The molecule has 0 saturated carbocycles. The lowest BCUT2D eigenvalue weighted by Crippen LogP contribution is -2.18. The molecule has 1 aromatic carbocycles. The van der Waals surface area contributed by atoms with Crippen molar-refractivity contribution in [3.8, 4) is 0 Å². The van der Waals surface area contributed by atoms with Crippen molar-refractivity contribution in [3.63, 3.8) is 0 Å². The van der Waals surface area contributed by atoms with Crippen molar-refractivity contribution in [3.05, 3.63) is 29.8 Å². The standard InChI is InChI=1S/C12H17N3O/c1-3-4-9(2)14-15-12(16)10-5-7-11(13)8-6-10/h5-8H,3-4,13H2,1-2H3,(H,15,16)/b14-9-. The van der Waals surface area contributed by atoms with Gasteiger partial charge in [0.05, 0.1) is 0 Å². The van der Waals surface area contributed by atoms with Crippen LogP contribution >= 0.6 is 0 Å². The fourth-order valence-electron chi connectivity index (χ4n) is 1.26. The Morgan fingerprint density at radius 3 is 2.56 bits per heavy atom. The van der Waals surface area contributed by atoms with Crippen LogP contribution in [-0.2, 0) is 0 Å². The topological polar surface area (TPSA) is 67.5 Å². The first-order valence-electron chi connectivity index (χ1n) is 5.32. The molecule has 86 valence electrons. The third-order valence-corrected chi connectivity index (χ3v) is 2.13. The summed E-state index contributed by atoms with van der Waals surface area (Å²) < 4.78 is 0. The molecule has 3 N–H and O–H groups in total. The van der Waals surface area contributed by atoms with Crippen LogP contribution < -0.4 is 11.2 Å². The van der Waals surface area contributed by atoms with Gasteiger partial charge >= 0.3 is 0 Å². The van der Waals surface area contributed by atoms with Gasteiger partial charge in [-0.25, -0.2) is 5.43 Å². The number of hydrazone groups is 1. The molecule has 0 heterocycles. The predicted molar refractivity (Wildman–Crippen MR) is 66.3 cm³/mol. The molecule has 0 fully saturated rings. The molecule has 0 aliphatic rings. The molecule has 0 radical (unpaired) electrons. The van der Waals surface area contributed by atoms with Crippen LogP contribution in [-0.4, -0.2) is 11.6 Å². The minimum absolute atomic E-state index is 0.213. The zero-order chi connectivity index (χ0) is 12.0. The summed E-state index contributed by atoms with van der Waals surface area (Å²) in [5, 5.41) is 4.00. The van der Waals surface area contributed by atoms with Crippen molar-refractivity contribution >= 4 is 17.3 Å². The van der Waals surface area contributed by atoms with E-state index in [1.807, 2.05) is 6.92 Å². The van der Waals surface area contributed by atoms with E-state index in [0.717, 1.165) is 18.6 Å². The van der Waals surface area contributed by atoms with Crippen LogP contribution in [0.4, 0.5) is 5.69 Å². The Balaban J connectivity index is 2.59. The van der Waals surface area contributed by atoms with Crippen LogP contribution in [0.2, 0.25) is 0 Å². The smallest absolute Gasteiger partial charge is 0.271 e. The number of hydrogen-bond donors (Lipinski definition) is 2. The van der Waals surface area contributed by atoms with Gasteiger partial charge in [0.25, 0.3) is 5.91 Å². The van der Waals surface area contributed by atoms with E-state index in [9.17, 15) is 4.79 Å². The molecule has 1 aromatic rings. The highest BCUT2D eigenvalue weighted by molar-refractivity contribution is 5.95. The van der Waals surface area contributed by atoms with Crippen LogP contribution in [0.25, 0.3) is 0 Å². The van der Waals surface area contributed by atoms with E-state index in [2.05, 4.69) is 17.5 Å². The van der Waals surface area contributed by atoms with Gasteiger partial charge in [-0.3, -0.25) is 4.79 Å². The number of nitrogen functional groups attached to an aromatic ring is 1. The predicted octanol–water partition coefficient (Wildman–Crippen LogP) is 2.17. The Labute approximate surface area is 95.5 Å². The Morgan fingerprint density at radius 2 is 2.00 bits per heavy atom. The monoisotopic (exact) mass is 219 g/mol. The third-order valence-electron chi connectivity index (χ3n) is 2.13. The van der Waals surface area contributed by atoms with Crippen molar-refractivity contribution in [2.45, 2.75) is 26.7 Å². The number of nitrogens with one attached hydrogen (secondary N) is 1. The van der Waals surface area contributed by atoms with Crippen LogP contribution in [0.1, 0.15) is 37.0 Å². The number of nitrogens with two attached hydrogens (primary N) is 1. The molecule has 0 bridgehead atoms. The SMILES string of the molecule is CCC/C(C)=N\NC(=O)c1ccc(N)cc1. The van der Waals surface area contributed by atoms with E-state index >= 15 is 0 Å². The minimum Gasteiger partial charge on any atom is -0.399 e. The maximum absolute atomic E-state index is 11.6. The Morgan fingerprint density at radius 1 is 1.38 bits per heavy atom. The van der Waals surface area contributed by atoms with Gasteiger partial charge in [0.2, 0.25) is 0 Å². The Bertz CT molecular complexity index is 382. The fraction of sp³-hybridized carbons (Fsp3) is 0.333. The summed E-state index contributed by atoms with van der Waals surface area (Å²) in [6, 6.07) is 6.74. The van der Waals surface area contributed by atoms with Gasteiger partial charge in [-0.1, -0.05) is 13.3 Å². The molecule has 0 unspecified atom stereocenters. The second-order valence-corrected chi connectivity index (χ2v) is 3.66. The first-order valence-corrected chi connectivity index (χ1v) is 5.32. The lowest BCUT2D eigenvalue weighted by Gasteiger charge is -2.02. The van der Waals surface area contributed by atoms with Gasteiger partial charge in [-0.15, -0.1) is 0 Å². The van der Waals surface area contributed by atoms with Crippen LogP contribution in [0, 0.1) is 0 Å². The van der Waals surface area contributed by atoms with Crippen molar-refractivity contribution in [2.24, 2.45) is 5.10 Å². The van der Waals surface area contributed by atoms with Crippen LogP contribution in [0.3, 0.4) is 0 Å². The Hall–Kier alpha value is -1.84. The summed E-state index contributed by atoms with van der Waals surface area (Å²) in [6.45, 7) is 3.97. The number of benzene rings is 1. The average molecular weight is 219 g/mol. The van der Waals surface area contributed by atoms with E-state index < -0.39 is 0 Å². The normalized spacial score (nSPS) is 11.2. The summed E-state index contributed by atoms with van der Waals surface area (Å²) in [5.41, 5.74) is 10.2. The van der Waals surface area contributed by atoms with Crippen molar-refractivity contribution in [1.82, 2.24) is 5.43 Å². The lowest BCUT2D eigenvalue weighted by molar-refractivity contribution is 0.0954. The van der Waals surface area contributed by atoms with Gasteiger partial charge in [0.15, 0.2) is 0 Å². The molecular formula is C12H17N3O. The number of nitrogens with zero attached hydrogens (tertiary/aromatic N) is 1. The van der Waals surface area contributed by atoms with Crippen LogP contribution in [0.5, 0.6) is 0 Å². The average Bonchev–Trinajstić information content (AvgIpc) is 2.27. The molecule has 0 aliphatic carbocycles. The van der Waals surface area contributed by atoms with E-state index in [1.165, 1.54) is 0 Å². The van der Waals surface area contributed by atoms with Crippen LogP contribution in [0.15, 0.2) is 29.4 Å². The van der Waals surface area contributed by atoms with Gasteiger partial charge in [-0.2, -0.15) is 5.10 Å². The van der Waals surface area contributed by atoms with E-state index in [0.29, 0.717) is 11.3 Å². The zero-order valence-corrected chi connectivity index (χ0v) is 9.66. The van der Waals surface area contributed by atoms with E-state index in [4.69, 9.17) is 5.73 Å². The van der Waals surface area contributed by atoms with E-state index in [-0.39, 0.29) is 5.91 Å². The molecule has 0 aromatic heterocycles. The Kier molecular flexibility index (Phi) is 4.51. The first kappa shape index (κ1) is 12.2. The third kappa shape index (κ3) is 3.73. The summed E-state index contributed by atoms with van der Waals surface area (Å²) in [6.07, 6.45) is 1.91. The molecule has 0 atom stereocenters. The molecule has 1 rings (SSSR count). The van der Waals surface area contributed by atoms with Crippen molar-refractivity contribution in [2.75, 3.05) is 5.73 Å². The molecule has 0 spiro atoms. The number of carbonyl (C=O) groups is 1. The second kappa shape index (κ2) is 5.90. The number of hydrogen-bond acceptors (Lipinski definition) is 3. The summed E-state index contributed by atoms with van der Waals surface area (Å²) in [4.78, 5) is 11.6. The number of anilines is 1. The molecule has 0 saturated heterocycles. The second-order valence-electron chi connectivity index (χ2n) is 3.66. The van der Waals surface area contributed by atoms with Gasteiger partial charge < -0.3 is 5.73 Å². The maximum atomic E-state index is 11.6. The summed E-state index contributed by atoms with van der Waals surface area (Å²) in [7, 11) is 0. The molecule has 0 aliphatic heterocycles. The molecule has 4 nitrogen and oxygen atoms in total. The summed E-state index contributed by atoms with van der Waals surface area (Å²) >= 11 is 0. The first-order chi connectivity index (χ1) is 7.63. The fourth-order valence-corrected chi connectivity index (χ4v) is 1.26. The molecule has 1 amide bonds. The molecular weight excluding hydrogens is 202 g/mol. The zero-order valence-electron chi connectivity index (χ0n) is 9.66. The van der Waals surface area contributed by atoms with E-state index in [1.54, 1.807) is 24.3 Å². The van der Waals surface area contributed by atoms with Gasteiger partial charge in [0.1, 0.15) is 0 Å². The summed E-state index contributed by atoms with van der Waals surface area (Å²) in [5.74, 6) is -0.213. The number of amides is 1. The maximum Gasteiger partial charge on any atom is 0.271 e. The number of carbonyl (C=O) groups excluding carboxylic acids is 1. The highest BCUT2D eigenvalue weighted by Crippen LogP contribution is 2.05.